The maximum atomic E-state index is 5.55. The van der Waals surface area contributed by atoms with Crippen LogP contribution in [0.25, 0.3) is 21.3 Å². The molecule has 5 heteroatoms. The van der Waals surface area contributed by atoms with Crippen LogP contribution in [0.15, 0.2) is 54.2 Å². The van der Waals surface area contributed by atoms with Crippen LogP contribution < -0.4 is 10.1 Å². The summed E-state index contributed by atoms with van der Waals surface area (Å²) >= 11 is 1.63. The number of thiophene rings is 1. The largest absolute Gasteiger partial charge is 0.494 e. The molecule has 2 aromatic carbocycles. The van der Waals surface area contributed by atoms with Gasteiger partial charge >= 0.3 is 0 Å². The molecule has 0 unspecified atom stereocenters. The molecule has 0 spiro atoms. The number of rotatable bonds is 5. The van der Waals surface area contributed by atoms with Crippen molar-refractivity contribution in [3.05, 3.63) is 65.3 Å². The van der Waals surface area contributed by atoms with Gasteiger partial charge in [0.25, 0.3) is 0 Å². The van der Waals surface area contributed by atoms with E-state index in [1.54, 1.807) is 17.7 Å². The molecule has 0 radical (unpaired) electrons. The first-order valence-corrected chi connectivity index (χ1v) is 9.83. The zero-order valence-corrected chi connectivity index (χ0v) is 16.4. The minimum atomic E-state index is 0.665. The number of nitrogens with one attached hydrogen (secondary N) is 1. The molecule has 0 aliphatic rings. The van der Waals surface area contributed by atoms with Gasteiger partial charge in [0.15, 0.2) is 0 Å². The molecule has 136 valence electrons. The predicted octanol–water partition coefficient (Wildman–Crippen LogP) is 6.12. The van der Waals surface area contributed by atoms with Gasteiger partial charge in [0.1, 0.15) is 22.7 Å². The Hall–Kier alpha value is -2.92. The van der Waals surface area contributed by atoms with Crippen molar-refractivity contribution in [3.8, 4) is 16.9 Å². The maximum Gasteiger partial charge on any atom is 0.143 e. The number of aryl methyl sites for hydroxylation is 2. The topological polar surface area (TPSA) is 47.0 Å². The van der Waals surface area contributed by atoms with E-state index in [1.165, 1.54) is 11.1 Å². The van der Waals surface area contributed by atoms with E-state index in [2.05, 4.69) is 64.8 Å². The van der Waals surface area contributed by atoms with E-state index in [1.807, 2.05) is 19.1 Å². The standard InChI is InChI=1S/C22H21N3OS/c1-4-26-18-9-6-16(7-10-18)19-12-27-22-20(19)21(23-13-24-22)25-17-8-5-14(2)15(3)11-17/h5-13H,4H2,1-3H3,(H,23,24,25). The van der Waals surface area contributed by atoms with E-state index in [-0.39, 0.29) is 0 Å². The second kappa shape index (κ2) is 7.37. The molecule has 27 heavy (non-hydrogen) atoms. The Morgan fingerprint density at radius 1 is 1.00 bits per heavy atom. The normalized spacial score (nSPS) is 10.9. The monoisotopic (exact) mass is 375 g/mol. The van der Waals surface area contributed by atoms with E-state index < -0.39 is 0 Å². The summed E-state index contributed by atoms with van der Waals surface area (Å²) in [5.41, 5.74) is 5.82. The van der Waals surface area contributed by atoms with Crippen molar-refractivity contribution < 1.29 is 4.74 Å². The lowest BCUT2D eigenvalue weighted by molar-refractivity contribution is 0.340. The first kappa shape index (κ1) is 17.5. The van der Waals surface area contributed by atoms with Crippen molar-refractivity contribution in [1.29, 1.82) is 0 Å². The van der Waals surface area contributed by atoms with Crippen molar-refractivity contribution in [2.45, 2.75) is 20.8 Å². The molecule has 0 bridgehead atoms. The fraction of sp³-hybridized carbons (Fsp3) is 0.182. The van der Waals surface area contributed by atoms with E-state index in [0.717, 1.165) is 38.6 Å². The summed E-state index contributed by atoms with van der Waals surface area (Å²) in [6.07, 6.45) is 1.62. The summed E-state index contributed by atoms with van der Waals surface area (Å²) in [6, 6.07) is 14.5. The number of anilines is 2. The summed E-state index contributed by atoms with van der Waals surface area (Å²) < 4.78 is 5.55. The van der Waals surface area contributed by atoms with Crippen LogP contribution in [0.1, 0.15) is 18.1 Å². The molecule has 0 saturated heterocycles. The summed E-state index contributed by atoms with van der Waals surface area (Å²) in [7, 11) is 0. The molecule has 0 amide bonds. The van der Waals surface area contributed by atoms with E-state index >= 15 is 0 Å². The number of hydrogen-bond donors (Lipinski definition) is 1. The first-order chi connectivity index (χ1) is 13.2. The van der Waals surface area contributed by atoms with Crippen molar-refractivity contribution in [1.82, 2.24) is 9.97 Å². The van der Waals surface area contributed by atoms with Crippen molar-refractivity contribution in [3.63, 3.8) is 0 Å². The minimum absolute atomic E-state index is 0.665. The lowest BCUT2D eigenvalue weighted by Gasteiger charge is -2.10. The number of nitrogens with zero attached hydrogens (tertiary/aromatic N) is 2. The highest BCUT2D eigenvalue weighted by atomic mass is 32.1. The fourth-order valence-corrected chi connectivity index (χ4v) is 3.95. The average Bonchev–Trinajstić information content (AvgIpc) is 3.11. The average molecular weight is 375 g/mol. The van der Waals surface area contributed by atoms with Crippen LogP contribution in [0.3, 0.4) is 0 Å². The van der Waals surface area contributed by atoms with Gasteiger partial charge in [-0.3, -0.25) is 0 Å². The highest BCUT2D eigenvalue weighted by Gasteiger charge is 2.13. The van der Waals surface area contributed by atoms with Gasteiger partial charge in [-0.1, -0.05) is 18.2 Å². The summed E-state index contributed by atoms with van der Waals surface area (Å²) in [4.78, 5) is 9.94. The van der Waals surface area contributed by atoms with Crippen molar-refractivity contribution in [2.24, 2.45) is 0 Å². The van der Waals surface area contributed by atoms with Gasteiger partial charge < -0.3 is 10.1 Å². The molecule has 0 fully saturated rings. The van der Waals surface area contributed by atoms with Crippen LogP contribution >= 0.6 is 11.3 Å². The van der Waals surface area contributed by atoms with Crippen LogP contribution in [-0.4, -0.2) is 16.6 Å². The molecular weight excluding hydrogens is 354 g/mol. The summed E-state index contributed by atoms with van der Waals surface area (Å²) in [6.45, 7) is 6.89. The maximum absolute atomic E-state index is 5.55. The van der Waals surface area contributed by atoms with Crippen LogP contribution in [0.5, 0.6) is 5.75 Å². The second-order valence-corrected chi connectivity index (χ2v) is 7.29. The third kappa shape index (κ3) is 3.51. The molecule has 0 aliphatic carbocycles. The van der Waals surface area contributed by atoms with E-state index in [0.29, 0.717) is 6.61 Å². The molecule has 2 heterocycles. The second-order valence-electron chi connectivity index (χ2n) is 6.43. The van der Waals surface area contributed by atoms with Crippen LogP contribution in [0.2, 0.25) is 0 Å². The third-order valence-corrected chi connectivity index (χ3v) is 5.50. The molecular formula is C22H21N3OS. The molecule has 4 rings (SSSR count). The van der Waals surface area contributed by atoms with E-state index in [4.69, 9.17) is 4.74 Å². The number of ether oxygens (including phenoxy) is 1. The Labute approximate surface area is 162 Å². The molecule has 0 atom stereocenters. The summed E-state index contributed by atoms with van der Waals surface area (Å²) in [5.74, 6) is 1.71. The molecule has 0 aliphatic heterocycles. The van der Waals surface area contributed by atoms with Gasteiger partial charge in [-0.2, -0.15) is 0 Å². The highest BCUT2D eigenvalue weighted by Crippen LogP contribution is 2.38. The van der Waals surface area contributed by atoms with Crippen molar-refractivity contribution in [2.75, 3.05) is 11.9 Å². The molecule has 4 aromatic rings. The minimum Gasteiger partial charge on any atom is -0.494 e. The smallest absolute Gasteiger partial charge is 0.143 e. The lowest BCUT2D eigenvalue weighted by Crippen LogP contribution is -1.96. The Bertz CT molecular complexity index is 1090. The molecule has 0 saturated carbocycles. The number of benzene rings is 2. The van der Waals surface area contributed by atoms with Gasteiger partial charge in [0, 0.05) is 16.6 Å². The predicted molar refractivity (Wildman–Crippen MR) is 113 cm³/mol. The Balaban J connectivity index is 1.76. The van der Waals surface area contributed by atoms with Gasteiger partial charge in [-0.15, -0.1) is 11.3 Å². The first-order valence-electron chi connectivity index (χ1n) is 8.95. The SMILES string of the molecule is CCOc1ccc(-c2csc3ncnc(Nc4ccc(C)c(C)c4)c23)cc1. The van der Waals surface area contributed by atoms with Gasteiger partial charge in [-0.25, -0.2) is 9.97 Å². The van der Waals surface area contributed by atoms with Crippen molar-refractivity contribution >= 4 is 33.1 Å². The summed E-state index contributed by atoms with van der Waals surface area (Å²) in [5, 5.41) is 6.66. The molecule has 2 aromatic heterocycles. The fourth-order valence-electron chi connectivity index (χ4n) is 3.04. The molecule has 4 nitrogen and oxygen atoms in total. The molecule has 1 N–H and O–H groups in total. The van der Waals surface area contributed by atoms with Crippen LogP contribution in [-0.2, 0) is 0 Å². The number of aromatic nitrogens is 2. The zero-order chi connectivity index (χ0) is 18.8. The number of hydrogen-bond acceptors (Lipinski definition) is 5. The van der Waals surface area contributed by atoms with Gasteiger partial charge in [-0.05, 0) is 61.7 Å². The van der Waals surface area contributed by atoms with Crippen LogP contribution in [0, 0.1) is 13.8 Å². The van der Waals surface area contributed by atoms with Gasteiger partial charge in [0.05, 0.1) is 12.0 Å². The quantitative estimate of drug-likeness (QED) is 0.457. The third-order valence-electron chi connectivity index (χ3n) is 4.62. The highest BCUT2D eigenvalue weighted by molar-refractivity contribution is 7.17. The van der Waals surface area contributed by atoms with E-state index in [9.17, 15) is 0 Å². The Morgan fingerprint density at radius 3 is 2.56 bits per heavy atom. The van der Waals surface area contributed by atoms with Crippen LogP contribution in [0.4, 0.5) is 11.5 Å². The number of fused-ring (bicyclic) bond motifs is 1. The lowest BCUT2D eigenvalue weighted by atomic mass is 10.1. The Morgan fingerprint density at radius 2 is 1.81 bits per heavy atom. The zero-order valence-electron chi connectivity index (χ0n) is 15.6. The Kier molecular flexibility index (Phi) is 4.77. The van der Waals surface area contributed by atoms with Gasteiger partial charge in [0.2, 0.25) is 0 Å².